The number of rotatable bonds is 3. The number of urea groups is 1. The lowest BCUT2D eigenvalue weighted by Gasteiger charge is -2.33. The molecule has 0 aliphatic carbocycles. The summed E-state index contributed by atoms with van der Waals surface area (Å²) < 4.78 is 0. The molecule has 1 unspecified atom stereocenters. The monoisotopic (exact) mass is 343 g/mol. The first-order valence-corrected chi connectivity index (χ1v) is 8.96. The number of carbonyl (C=O) groups excluding carboxylic acids is 3. The largest absolute Gasteiger partial charge is 0.322 e. The number of amides is 4. The van der Waals surface area contributed by atoms with Crippen LogP contribution in [0.1, 0.15) is 60.7 Å². The summed E-state index contributed by atoms with van der Waals surface area (Å²) in [4.78, 5) is 40.5. The van der Waals surface area contributed by atoms with Gasteiger partial charge in [-0.1, -0.05) is 13.8 Å². The van der Waals surface area contributed by atoms with Crippen LogP contribution in [0, 0.1) is 5.92 Å². The number of carbonyl (C=O) groups is 3. The molecule has 6 heteroatoms. The van der Waals surface area contributed by atoms with Crippen LogP contribution in [0.5, 0.6) is 0 Å². The van der Waals surface area contributed by atoms with Crippen LogP contribution in [0.25, 0.3) is 0 Å². The van der Waals surface area contributed by atoms with Gasteiger partial charge in [-0.2, -0.15) is 0 Å². The van der Waals surface area contributed by atoms with Gasteiger partial charge in [0, 0.05) is 24.8 Å². The quantitative estimate of drug-likeness (QED) is 0.856. The van der Waals surface area contributed by atoms with Gasteiger partial charge in [-0.15, -0.1) is 0 Å². The number of nitrogens with zero attached hydrogens (tertiary/aromatic N) is 2. The van der Waals surface area contributed by atoms with Crippen molar-refractivity contribution in [2.75, 3.05) is 18.4 Å². The van der Waals surface area contributed by atoms with Gasteiger partial charge in [-0.05, 0) is 50.3 Å². The van der Waals surface area contributed by atoms with Crippen LogP contribution >= 0.6 is 0 Å². The van der Waals surface area contributed by atoms with Crippen LogP contribution in [0.3, 0.4) is 0 Å². The second-order valence-corrected chi connectivity index (χ2v) is 7.34. The predicted molar refractivity (Wildman–Crippen MR) is 95.7 cm³/mol. The fourth-order valence-corrected chi connectivity index (χ4v) is 3.49. The number of anilines is 1. The van der Waals surface area contributed by atoms with Crippen LogP contribution in [0.15, 0.2) is 18.2 Å². The van der Waals surface area contributed by atoms with Crippen molar-refractivity contribution in [3.05, 3.63) is 29.3 Å². The highest BCUT2D eigenvalue weighted by Gasteiger charge is 2.36. The first-order valence-electron chi connectivity index (χ1n) is 8.96. The van der Waals surface area contributed by atoms with Crippen LogP contribution < -0.4 is 5.32 Å². The molecule has 1 saturated heterocycles. The Morgan fingerprint density at radius 1 is 1.20 bits per heavy atom. The highest BCUT2D eigenvalue weighted by atomic mass is 16.2. The van der Waals surface area contributed by atoms with E-state index >= 15 is 0 Å². The maximum Gasteiger partial charge on any atom is 0.322 e. The molecule has 0 spiro atoms. The van der Waals surface area contributed by atoms with Gasteiger partial charge in [0.15, 0.2) is 0 Å². The predicted octanol–water partition coefficient (Wildman–Crippen LogP) is 3.34. The van der Waals surface area contributed by atoms with Gasteiger partial charge in [0.05, 0.1) is 11.1 Å². The topological polar surface area (TPSA) is 69.7 Å². The van der Waals surface area contributed by atoms with E-state index in [1.165, 1.54) is 4.90 Å². The summed E-state index contributed by atoms with van der Waals surface area (Å²) in [6.45, 7) is 7.13. The van der Waals surface area contributed by atoms with Crippen molar-refractivity contribution in [2.45, 2.75) is 46.1 Å². The summed E-state index contributed by atoms with van der Waals surface area (Å²) in [7, 11) is 0. The van der Waals surface area contributed by atoms with Crippen LogP contribution in [0.4, 0.5) is 10.5 Å². The SMILES string of the molecule is CC(C)CN1C(=O)c2ccc(NC(=O)N3CCCCC3C)cc2C1=O. The van der Waals surface area contributed by atoms with Crippen molar-refractivity contribution in [1.29, 1.82) is 0 Å². The zero-order chi connectivity index (χ0) is 18.1. The van der Waals surface area contributed by atoms with E-state index in [0.717, 1.165) is 25.8 Å². The van der Waals surface area contributed by atoms with E-state index in [-0.39, 0.29) is 29.8 Å². The molecule has 1 fully saturated rings. The molecule has 3 rings (SSSR count). The highest BCUT2D eigenvalue weighted by molar-refractivity contribution is 6.21. The average Bonchev–Trinajstić information content (AvgIpc) is 2.79. The molecule has 1 aromatic carbocycles. The number of imide groups is 1. The molecule has 6 nitrogen and oxygen atoms in total. The molecular formula is C19H25N3O3. The molecule has 134 valence electrons. The van der Waals surface area contributed by atoms with E-state index in [1.54, 1.807) is 18.2 Å². The van der Waals surface area contributed by atoms with Crippen LogP contribution in [0.2, 0.25) is 0 Å². The molecule has 1 N–H and O–H groups in total. The van der Waals surface area contributed by atoms with Gasteiger partial charge in [0.1, 0.15) is 0 Å². The second kappa shape index (κ2) is 6.86. The Hall–Kier alpha value is -2.37. The standard InChI is InChI=1S/C19H25N3O3/c1-12(2)11-22-17(23)15-8-7-14(10-16(15)18(22)24)20-19(25)21-9-5-4-6-13(21)3/h7-8,10,12-13H,4-6,9,11H2,1-3H3,(H,20,25). The first kappa shape index (κ1) is 17.5. The number of hydrogen-bond acceptors (Lipinski definition) is 3. The molecule has 4 amide bonds. The van der Waals surface area contributed by atoms with Crippen molar-refractivity contribution >= 4 is 23.5 Å². The third-order valence-corrected chi connectivity index (χ3v) is 4.83. The molecule has 0 radical (unpaired) electrons. The van der Waals surface area contributed by atoms with E-state index < -0.39 is 0 Å². The van der Waals surface area contributed by atoms with Crippen LogP contribution in [-0.4, -0.2) is 46.8 Å². The summed E-state index contributed by atoms with van der Waals surface area (Å²) in [5.74, 6) is -0.325. The fraction of sp³-hybridized carbons (Fsp3) is 0.526. The Balaban J connectivity index is 1.76. The minimum absolute atomic E-state index is 0.150. The van der Waals surface area contributed by atoms with Gasteiger partial charge >= 0.3 is 6.03 Å². The Labute approximate surface area is 148 Å². The molecule has 2 aliphatic rings. The minimum Gasteiger partial charge on any atom is -0.322 e. The fourth-order valence-electron chi connectivity index (χ4n) is 3.49. The number of piperidine rings is 1. The molecule has 25 heavy (non-hydrogen) atoms. The number of likely N-dealkylation sites (tertiary alicyclic amines) is 1. The van der Waals surface area contributed by atoms with E-state index in [9.17, 15) is 14.4 Å². The van der Waals surface area contributed by atoms with Gasteiger partial charge in [0.25, 0.3) is 11.8 Å². The normalized spacial score (nSPS) is 20.2. The maximum absolute atomic E-state index is 12.5. The molecule has 2 heterocycles. The minimum atomic E-state index is -0.281. The van der Waals surface area contributed by atoms with E-state index in [2.05, 4.69) is 5.32 Å². The van der Waals surface area contributed by atoms with E-state index in [1.807, 2.05) is 25.7 Å². The maximum atomic E-state index is 12.5. The number of nitrogens with one attached hydrogen (secondary N) is 1. The number of benzene rings is 1. The molecule has 1 aromatic rings. The van der Waals surface area contributed by atoms with Crippen molar-refractivity contribution in [3.8, 4) is 0 Å². The summed E-state index contributed by atoms with van der Waals surface area (Å²) in [6.07, 6.45) is 3.17. The molecular weight excluding hydrogens is 318 g/mol. The van der Waals surface area contributed by atoms with Crippen molar-refractivity contribution in [2.24, 2.45) is 5.92 Å². The summed E-state index contributed by atoms with van der Waals surface area (Å²) in [5, 5.41) is 2.87. The second-order valence-electron chi connectivity index (χ2n) is 7.34. The molecule has 0 saturated carbocycles. The Bertz CT molecular complexity index is 714. The Kier molecular flexibility index (Phi) is 4.79. The van der Waals surface area contributed by atoms with Crippen molar-refractivity contribution in [3.63, 3.8) is 0 Å². The smallest absolute Gasteiger partial charge is 0.322 e. The molecule has 2 aliphatic heterocycles. The zero-order valence-corrected chi connectivity index (χ0v) is 15.0. The van der Waals surface area contributed by atoms with Gasteiger partial charge in [-0.25, -0.2) is 4.79 Å². The average molecular weight is 343 g/mol. The summed E-state index contributed by atoms with van der Waals surface area (Å²) in [5.41, 5.74) is 1.33. The van der Waals surface area contributed by atoms with E-state index in [0.29, 0.717) is 23.4 Å². The van der Waals surface area contributed by atoms with Gasteiger partial charge in [-0.3, -0.25) is 14.5 Å². The Morgan fingerprint density at radius 3 is 2.60 bits per heavy atom. The van der Waals surface area contributed by atoms with Gasteiger partial charge in [0.2, 0.25) is 0 Å². The van der Waals surface area contributed by atoms with Crippen LogP contribution in [-0.2, 0) is 0 Å². The summed E-state index contributed by atoms with van der Waals surface area (Å²) >= 11 is 0. The zero-order valence-electron chi connectivity index (χ0n) is 15.0. The molecule has 0 aromatic heterocycles. The third-order valence-electron chi connectivity index (χ3n) is 4.83. The lowest BCUT2D eigenvalue weighted by molar-refractivity contribution is 0.0636. The number of fused-ring (bicyclic) bond motifs is 1. The van der Waals surface area contributed by atoms with Gasteiger partial charge < -0.3 is 10.2 Å². The number of hydrogen-bond donors (Lipinski definition) is 1. The molecule has 0 bridgehead atoms. The third kappa shape index (κ3) is 3.38. The lowest BCUT2D eigenvalue weighted by atomic mass is 10.0. The van der Waals surface area contributed by atoms with Crippen molar-refractivity contribution < 1.29 is 14.4 Å². The van der Waals surface area contributed by atoms with E-state index in [4.69, 9.17) is 0 Å². The summed E-state index contributed by atoms with van der Waals surface area (Å²) in [6, 6.07) is 5.00. The first-order chi connectivity index (χ1) is 11.9. The van der Waals surface area contributed by atoms with Crippen molar-refractivity contribution in [1.82, 2.24) is 9.80 Å². The lowest BCUT2D eigenvalue weighted by Crippen LogP contribution is -2.44. The molecule has 1 atom stereocenters. The highest BCUT2D eigenvalue weighted by Crippen LogP contribution is 2.27. The Morgan fingerprint density at radius 2 is 1.92 bits per heavy atom.